The van der Waals surface area contributed by atoms with Crippen molar-refractivity contribution >= 4 is 11.7 Å². The van der Waals surface area contributed by atoms with Crippen molar-refractivity contribution in [2.75, 3.05) is 5.32 Å². The molecule has 0 bridgehead atoms. The van der Waals surface area contributed by atoms with Crippen molar-refractivity contribution in [2.45, 2.75) is 13.1 Å². The first-order valence-electron chi connectivity index (χ1n) is 7.44. The second-order valence-electron chi connectivity index (χ2n) is 5.00. The van der Waals surface area contributed by atoms with Crippen LogP contribution in [0.3, 0.4) is 0 Å². The highest BCUT2D eigenvalue weighted by atomic mass is 16.1. The number of hydrogen-bond acceptors (Lipinski definition) is 6. The Kier molecular flexibility index (Phi) is 5.03. The molecule has 0 saturated carbocycles. The second-order valence-corrected chi connectivity index (χ2v) is 5.00. The first-order chi connectivity index (χ1) is 11.8. The van der Waals surface area contributed by atoms with Gasteiger partial charge in [0.2, 0.25) is 0 Å². The third-order valence-electron chi connectivity index (χ3n) is 3.26. The van der Waals surface area contributed by atoms with Gasteiger partial charge in [-0.2, -0.15) is 0 Å². The zero-order valence-corrected chi connectivity index (χ0v) is 12.9. The van der Waals surface area contributed by atoms with Gasteiger partial charge >= 0.3 is 0 Å². The molecule has 2 N–H and O–H groups in total. The third kappa shape index (κ3) is 4.33. The molecule has 3 heterocycles. The molecule has 0 atom stereocenters. The van der Waals surface area contributed by atoms with Gasteiger partial charge in [-0.3, -0.25) is 14.8 Å². The average molecular weight is 320 g/mol. The average Bonchev–Trinajstić information content (AvgIpc) is 2.66. The highest BCUT2D eigenvalue weighted by Gasteiger charge is 2.08. The molecule has 0 aromatic carbocycles. The molecule has 1 amide bonds. The lowest BCUT2D eigenvalue weighted by molar-refractivity contribution is 0.0945. The van der Waals surface area contributed by atoms with Gasteiger partial charge in [0.1, 0.15) is 11.5 Å². The lowest BCUT2D eigenvalue weighted by Crippen LogP contribution is -2.24. The highest BCUT2D eigenvalue weighted by molar-refractivity contribution is 5.91. The van der Waals surface area contributed by atoms with E-state index in [0.29, 0.717) is 18.9 Å². The third-order valence-corrected chi connectivity index (χ3v) is 3.26. The normalized spacial score (nSPS) is 10.2. The summed E-state index contributed by atoms with van der Waals surface area (Å²) in [6.07, 6.45) is 8.14. The van der Waals surface area contributed by atoms with E-state index in [-0.39, 0.29) is 11.6 Å². The maximum Gasteiger partial charge on any atom is 0.271 e. The quantitative estimate of drug-likeness (QED) is 0.719. The van der Waals surface area contributed by atoms with Crippen LogP contribution in [0.1, 0.15) is 21.7 Å². The lowest BCUT2D eigenvalue weighted by Gasteiger charge is -2.07. The molecule has 0 aliphatic carbocycles. The molecular formula is C17H16N6O. The Bertz CT molecular complexity index is 777. The Morgan fingerprint density at radius 3 is 2.50 bits per heavy atom. The topological polar surface area (TPSA) is 92.7 Å². The molecule has 3 aromatic heterocycles. The molecule has 3 aromatic rings. The van der Waals surface area contributed by atoms with E-state index in [9.17, 15) is 4.79 Å². The van der Waals surface area contributed by atoms with Gasteiger partial charge in [-0.25, -0.2) is 9.97 Å². The van der Waals surface area contributed by atoms with Crippen molar-refractivity contribution in [3.63, 3.8) is 0 Å². The summed E-state index contributed by atoms with van der Waals surface area (Å²) >= 11 is 0. The standard InChI is InChI=1S/C17H16N6O/c24-17(23-10-14-3-1-2-6-19-14)15-11-22-16(12-20-15)21-9-13-4-7-18-8-5-13/h1-8,11-12H,9-10H2,(H,21,22)(H,23,24). The minimum absolute atomic E-state index is 0.264. The van der Waals surface area contributed by atoms with Crippen LogP contribution in [0.25, 0.3) is 0 Å². The number of nitrogens with one attached hydrogen (secondary N) is 2. The van der Waals surface area contributed by atoms with Crippen molar-refractivity contribution in [1.82, 2.24) is 25.3 Å². The molecule has 0 aliphatic heterocycles. The Morgan fingerprint density at radius 1 is 0.917 bits per heavy atom. The molecule has 7 nitrogen and oxygen atoms in total. The molecule has 0 fully saturated rings. The van der Waals surface area contributed by atoms with Gasteiger partial charge in [-0.1, -0.05) is 6.07 Å². The van der Waals surface area contributed by atoms with Gasteiger partial charge in [0, 0.05) is 25.1 Å². The summed E-state index contributed by atoms with van der Waals surface area (Å²) < 4.78 is 0. The predicted molar refractivity (Wildman–Crippen MR) is 89.0 cm³/mol. The van der Waals surface area contributed by atoms with Crippen LogP contribution in [0, 0.1) is 0 Å². The van der Waals surface area contributed by atoms with E-state index in [2.05, 4.69) is 30.6 Å². The molecule has 0 radical (unpaired) electrons. The Labute approximate surface area is 139 Å². The largest absolute Gasteiger partial charge is 0.365 e. The monoisotopic (exact) mass is 320 g/mol. The molecule has 24 heavy (non-hydrogen) atoms. The molecule has 3 rings (SSSR count). The molecular weight excluding hydrogens is 304 g/mol. The van der Waals surface area contributed by atoms with Crippen LogP contribution < -0.4 is 10.6 Å². The second kappa shape index (κ2) is 7.77. The van der Waals surface area contributed by atoms with Crippen molar-refractivity contribution in [1.29, 1.82) is 0 Å². The van der Waals surface area contributed by atoms with E-state index in [1.165, 1.54) is 12.4 Å². The van der Waals surface area contributed by atoms with E-state index in [1.807, 2.05) is 30.3 Å². The fourth-order valence-electron chi connectivity index (χ4n) is 1.99. The van der Waals surface area contributed by atoms with Gasteiger partial charge in [-0.05, 0) is 29.8 Å². The van der Waals surface area contributed by atoms with Crippen LogP contribution in [0.15, 0.2) is 61.3 Å². The summed E-state index contributed by atoms with van der Waals surface area (Å²) in [4.78, 5) is 28.5. The van der Waals surface area contributed by atoms with E-state index in [4.69, 9.17) is 0 Å². The number of carbonyl (C=O) groups is 1. The molecule has 120 valence electrons. The van der Waals surface area contributed by atoms with Crippen LogP contribution in [-0.4, -0.2) is 25.8 Å². The van der Waals surface area contributed by atoms with Crippen LogP contribution in [0.2, 0.25) is 0 Å². The fourth-order valence-corrected chi connectivity index (χ4v) is 1.99. The van der Waals surface area contributed by atoms with Crippen molar-refractivity contribution in [3.05, 3.63) is 78.3 Å². The Morgan fingerprint density at radius 2 is 1.79 bits per heavy atom. The minimum Gasteiger partial charge on any atom is -0.365 e. The Hall–Kier alpha value is -3.35. The first-order valence-corrected chi connectivity index (χ1v) is 7.44. The van der Waals surface area contributed by atoms with Gasteiger partial charge < -0.3 is 10.6 Å². The van der Waals surface area contributed by atoms with Crippen molar-refractivity contribution in [2.24, 2.45) is 0 Å². The lowest BCUT2D eigenvalue weighted by atomic mass is 10.3. The van der Waals surface area contributed by atoms with Crippen molar-refractivity contribution < 1.29 is 4.79 Å². The first kappa shape index (κ1) is 15.5. The molecule has 0 aliphatic rings. The molecule has 0 saturated heterocycles. The summed E-state index contributed by atoms with van der Waals surface area (Å²) in [6.45, 7) is 0.964. The van der Waals surface area contributed by atoms with Crippen LogP contribution in [-0.2, 0) is 13.1 Å². The predicted octanol–water partition coefficient (Wildman–Crippen LogP) is 1.81. The van der Waals surface area contributed by atoms with Gasteiger partial charge in [0.25, 0.3) is 5.91 Å². The number of anilines is 1. The van der Waals surface area contributed by atoms with Gasteiger partial charge in [0.15, 0.2) is 0 Å². The van der Waals surface area contributed by atoms with Crippen LogP contribution in [0.5, 0.6) is 0 Å². The van der Waals surface area contributed by atoms with Crippen LogP contribution in [0.4, 0.5) is 5.82 Å². The molecule has 0 unspecified atom stereocenters. The SMILES string of the molecule is O=C(NCc1ccccn1)c1cnc(NCc2ccncc2)cn1. The van der Waals surface area contributed by atoms with E-state index < -0.39 is 0 Å². The maximum absolute atomic E-state index is 12.0. The van der Waals surface area contributed by atoms with Crippen molar-refractivity contribution in [3.8, 4) is 0 Å². The highest BCUT2D eigenvalue weighted by Crippen LogP contribution is 2.05. The number of nitrogens with zero attached hydrogens (tertiary/aromatic N) is 4. The number of hydrogen-bond donors (Lipinski definition) is 2. The maximum atomic E-state index is 12.0. The van der Waals surface area contributed by atoms with E-state index in [0.717, 1.165) is 11.3 Å². The summed E-state index contributed by atoms with van der Waals surface area (Å²) in [5, 5.41) is 5.90. The number of carbonyl (C=O) groups excluding carboxylic acids is 1. The van der Waals surface area contributed by atoms with Gasteiger partial charge in [0.05, 0.1) is 24.6 Å². The summed E-state index contributed by atoms with van der Waals surface area (Å²) in [6, 6.07) is 9.38. The minimum atomic E-state index is -0.283. The van der Waals surface area contributed by atoms with E-state index >= 15 is 0 Å². The molecule has 7 heteroatoms. The number of pyridine rings is 2. The zero-order chi connectivity index (χ0) is 16.6. The summed E-state index contributed by atoms with van der Waals surface area (Å²) in [5.74, 6) is 0.321. The number of rotatable bonds is 6. The zero-order valence-electron chi connectivity index (χ0n) is 12.9. The van der Waals surface area contributed by atoms with Gasteiger partial charge in [-0.15, -0.1) is 0 Å². The van der Waals surface area contributed by atoms with Crippen LogP contribution >= 0.6 is 0 Å². The molecule has 0 spiro atoms. The smallest absolute Gasteiger partial charge is 0.271 e. The number of amides is 1. The summed E-state index contributed by atoms with van der Waals surface area (Å²) in [7, 11) is 0. The van der Waals surface area contributed by atoms with E-state index in [1.54, 1.807) is 18.6 Å². The fraction of sp³-hybridized carbons (Fsp3) is 0.118. The Balaban J connectivity index is 1.53. The number of aromatic nitrogens is 4. The summed E-state index contributed by atoms with van der Waals surface area (Å²) in [5.41, 5.74) is 2.14.